The fourth-order valence-electron chi connectivity index (χ4n) is 1.50. The highest BCUT2D eigenvalue weighted by molar-refractivity contribution is 5.44. The van der Waals surface area contributed by atoms with E-state index in [0.717, 1.165) is 12.5 Å². The van der Waals surface area contributed by atoms with Crippen LogP contribution in [0.25, 0.3) is 0 Å². The van der Waals surface area contributed by atoms with Crippen molar-refractivity contribution in [1.29, 1.82) is 0 Å². The van der Waals surface area contributed by atoms with Gasteiger partial charge in [-0.05, 0) is 31.4 Å². The van der Waals surface area contributed by atoms with Crippen molar-refractivity contribution in [2.45, 2.75) is 26.2 Å². The van der Waals surface area contributed by atoms with Gasteiger partial charge in [-0.15, -0.1) is 0 Å². The summed E-state index contributed by atoms with van der Waals surface area (Å²) in [5, 5.41) is 3.44. The van der Waals surface area contributed by atoms with Crippen molar-refractivity contribution in [1.82, 2.24) is 0 Å². The highest BCUT2D eigenvalue weighted by Gasteiger charge is 2.19. The van der Waals surface area contributed by atoms with Crippen LogP contribution in [0.1, 0.15) is 24.8 Å². The van der Waals surface area contributed by atoms with E-state index in [9.17, 15) is 0 Å². The molecule has 2 rings (SSSR count). The molecular formula is C12H17N. The molecule has 0 radical (unpaired) electrons. The predicted molar refractivity (Wildman–Crippen MR) is 57.0 cm³/mol. The fraction of sp³-hybridized carbons (Fsp3) is 0.500. The second kappa shape index (κ2) is 3.82. The predicted octanol–water partition coefficient (Wildman–Crippen LogP) is 3.21. The van der Waals surface area contributed by atoms with Crippen LogP contribution in [0, 0.1) is 12.8 Å². The van der Waals surface area contributed by atoms with Crippen molar-refractivity contribution in [2.75, 3.05) is 11.9 Å². The Morgan fingerprint density at radius 1 is 1.23 bits per heavy atom. The van der Waals surface area contributed by atoms with Crippen LogP contribution in [0.5, 0.6) is 0 Å². The Hall–Kier alpha value is -0.980. The molecule has 1 heteroatoms. The van der Waals surface area contributed by atoms with Crippen LogP contribution >= 0.6 is 0 Å². The van der Waals surface area contributed by atoms with Crippen molar-refractivity contribution in [3.63, 3.8) is 0 Å². The third-order valence-electron chi connectivity index (χ3n) is 2.63. The molecule has 0 unspecified atom stereocenters. The lowest BCUT2D eigenvalue weighted by Gasteiger charge is -2.05. The zero-order chi connectivity index (χ0) is 9.10. The molecule has 0 spiro atoms. The first-order valence-electron chi connectivity index (χ1n) is 5.15. The van der Waals surface area contributed by atoms with Gasteiger partial charge in [-0.1, -0.05) is 30.5 Å². The standard InChI is InChI=1S/C12H17N/c1-10-2-6-12(7-3-10)13-9-8-11-4-5-11/h2-3,6-7,11,13H,4-5,8-9H2,1H3. The topological polar surface area (TPSA) is 12.0 Å². The van der Waals surface area contributed by atoms with Crippen LogP contribution in [0.4, 0.5) is 5.69 Å². The second-order valence-corrected chi connectivity index (χ2v) is 4.02. The van der Waals surface area contributed by atoms with Gasteiger partial charge in [0.1, 0.15) is 0 Å². The molecule has 0 aliphatic heterocycles. The largest absolute Gasteiger partial charge is 0.385 e. The summed E-state index contributed by atoms with van der Waals surface area (Å²) in [7, 11) is 0. The molecular weight excluding hydrogens is 158 g/mol. The van der Waals surface area contributed by atoms with E-state index in [4.69, 9.17) is 0 Å². The molecule has 0 saturated heterocycles. The Labute approximate surface area is 80.2 Å². The van der Waals surface area contributed by atoms with Crippen molar-refractivity contribution < 1.29 is 0 Å². The van der Waals surface area contributed by atoms with E-state index in [1.807, 2.05) is 0 Å². The maximum absolute atomic E-state index is 3.44. The second-order valence-electron chi connectivity index (χ2n) is 4.02. The van der Waals surface area contributed by atoms with Gasteiger partial charge in [-0.2, -0.15) is 0 Å². The summed E-state index contributed by atoms with van der Waals surface area (Å²) in [5.74, 6) is 1.03. The minimum Gasteiger partial charge on any atom is -0.385 e. The smallest absolute Gasteiger partial charge is 0.0340 e. The number of benzene rings is 1. The van der Waals surface area contributed by atoms with E-state index in [1.165, 1.54) is 30.5 Å². The monoisotopic (exact) mass is 175 g/mol. The molecule has 1 N–H and O–H groups in total. The summed E-state index contributed by atoms with van der Waals surface area (Å²) in [5.41, 5.74) is 2.58. The number of anilines is 1. The number of rotatable bonds is 4. The first kappa shape index (κ1) is 8.61. The van der Waals surface area contributed by atoms with Gasteiger partial charge in [0.2, 0.25) is 0 Å². The normalized spacial score (nSPS) is 15.8. The van der Waals surface area contributed by atoms with Crippen molar-refractivity contribution >= 4 is 5.69 Å². The number of aryl methyl sites for hydroxylation is 1. The highest BCUT2D eigenvalue weighted by atomic mass is 14.9. The minimum atomic E-state index is 1.03. The molecule has 1 saturated carbocycles. The minimum absolute atomic E-state index is 1.03. The Balaban J connectivity index is 1.76. The Morgan fingerprint density at radius 3 is 2.54 bits per heavy atom. The number of hydrogen-bond donors (Lipinski definition) is 1. The van der Waals surface area contributed by atoms with E-state index < -0.39 is 0 Å². The average molecular weight is 175 g/mol. The summed E-state index contributed by atoms with van der Waals surface area (Å²) in [6, 6.07) is 8.61. The molecule has 0 aromatic heterocycles. The van der Waals surface area contributed by atoms with Gasteiger partial charge in [-0.3, -0.25) is 0 Å². The molecule has 1 aromatic carbocycles. The van der Waals surface area contributed by atoms with Crippen LogP contribution in [0.3, 0.4) is 0 Å². The number of hydrogen-bond acceptors (Lipinski definition) is 1. The maximum atomic E-state index is 3.44. The summed E-state index contributed by atoms with van der Waals surface area (Å²) in [4.78, 5) is 0. The first-order valence-corrected chi connectivity index (χ1v) is 5.15. The molecule has 1 nitrogen and oxygen atoms in total. The van der Waals surface area contributed by atoms with E-state index in [2.05, 4.69) is 36.5 Å². The first-order chi connectivity index (χ1) is 6.34. The Bertz CT molecular complexity index is 259. The summed E-state index contributed by atoms with van der Waals surface area (Å²) >= 11 is 0. The van der Waals surface area contributed by atoms with Crippen LogP contribution in [0.2, 0.25) is 0 Å². The van der Waals surface area contributed by atoms with Crippen molar-refractivity contribution in [3.05, 3.63) is 29.8 Å². The quantitative estimate of drug-likeness (QED) is 0.741. The maximum Gasteiger partial charge on any atom is 0.0340 e. The molecule has 1 aromatic rings. The van der Waals surface area contributed by atoms with Crippen LogP contribution in [-0.2, 0) is 0 Å². The molecule has 13 heavy (non-hydrogen) atoms. The SMILES string of the molecule is Cc1ccc(NCCC2CC2)cc1. The lowest BCUT2D eigenvalue weighted by atomic mass is 10.2. The lowest BCUT2D eigenvalue weighted by molar-refractivity contribution is 0.760. The van der Waals surface area contributed by atoms with Crippen molar-refractivity contribution in [2.24, 2.45) is 5.92 Å². The Kier molecular flexibility index (Phi) is 2.53. The third kappa shape index (κ3) is 2.76. The molecule has 0 bridgehead atoms. The molecule has 1 aliphatic rings. The molecule has 0 atom stereocenters. The summed E-state index contributed by atoms with van der Waals surface area (Å²) in [6.45, 7) is 3.25. The molecule has 1 fully saturated rings. The lowest BCUT2D eigenvalue weighted by Crippen LogP contribution is -2.01. The van der Waals surface area contributed by atoms with Gasteiger partial charge < -0.3 is 5.32 Å². The fourth-order valence-corrected chi connectivity index (χ4v) is 1.50. The van der Waals surface area contributed by atoms with Crippen LogP contribution in [-0.4, -0.2) is 6.54 Å². The van der Waals surface area contributed by atoms with Gasteiger partial charge in [0, 0.05) is 12.2 Å². The summed E-state index contributed by atoms with van der Waals surface area (Å²) < 4.78 is 0. The van der Waals surface area contributed by atoms with Crippen molar-refractivity contribution in [3.8, 4) is 0 Å². The van der Waals surface area contributed by atoms with Gasteiger partial charge >= 0.3 is 0 Å². The zero-order valence-electron chi connectivity index (χ0n) is 8.22. The van der Waals surface area contributed by atoms with Gasteiger partial charge in [0.05, 0.1) is 0 Å². The van der Waals surface area contributed by atoms with Crippen LogP contribution < -0.4 is 5.32 Å². The highest BCUT2D eigenvalue weighted by Crippen LogP contribution is 2.32. The Morgan fingerprint density at radius 2 is 1.92 bits per heavy atom. The average Bonchev–Trinajstić information content (AvgIpc) is 2.92. The molecule has 70 valence electrons. The number of nitrogens with one attached hydrogen (secondary N) is 1. The zero-order valence-corrected chi connectivity index (χ0v) is 8.22. The molecule has 1 aliphatic carbocycles. The van der Waals surface area contributed by atoms with Gasteiger partial charge in [0.15, 0.2) is 0 Å². The van der Waals surface area contributed by atoms with Gasteiger partial charge in [0.25, 0.3) is 0 Å². The molecule has 0 heterocycles. The van der Waals surface area contributed by atoms with E-state index in [1.54, 1.807) is 0 Å². The van der Waals surface area contributed by atoms with Gasteiger partial charge in [-0.25, -0.2) is 0 Å². The molecule has 0 amide bonds. The van der Waals surface area contributed by atoms with Crippen LogP contribution in [0.15, 0.2) is 24.3 Å². The van der Waals surface area contributed by atoms with E-state index in [0.29, 0.717) is 0 Å². The third-order valence-corrected chi connectivity index (χ3v) is 2.63. The summed E-state index contributed by atoms with van der Waals surface area (Å²) in [6.07, 6.45) is 4.25. The van der Waals surface area contributed by atoms with E-state index in [-0.39, 0.29) is 0 Å². The van der Waals surface area contributed by atoms with E-state index >= 15 is 0 Å².